The first-order valence-electron chi connectivity index (χ1n) is 7.22. The molecule has 0 spiro atoms. The molecule has 21 heavy (non-hydrogen) atoms. The number of hydrogen-bond donors (Lipinski definition) is 0. The molecule has 0 aliphatic carbocycles. The van der Waals surface area contributed by atoms with E-state index in [0.717, 1.165) is 22.3 Å². The standard InChI is InChI=1S/C19H22ClF/c1-12-10-14(21)11-13(2)17(12)18(20)15-8-6-7-9-16(15)19(3,4)5/h6-11,18H,1-5H3. The Morgan fingerprint density at radius 2 is 1.52 bits per heavy atom. The number of rotatable bonds is 2. The van der Waals surface area contributed by atoms with Gasteiger partial charge in [-0.05, 0) is 59.2 Å². The van der Waals surface area contributed by atoms with Gasteiger partial charge in [0.2, 0.25) is 0 Å². The largest absolute Gasteiger partial charge is 0.207 e. The Labute approximate surface area is 132 Å². The fourth-order valence-corrected chi connectivity index (χ4v) is 3.41. The molecule has 0 nitrogen and oxygen atoms in total. The molecule has 0 aliphatic rings. The summed E-state index contributed by atoms with van der Waals surface area (Å²) in [5.74, 6) is -0.207. The van der Waals surface area contributed by atoms with Gasteiger partial charge < -0.3 is 0 Å². The van der Waals surface area contributed by atoms with Crippen molar-refractivity contribution in [3.05, 3.63) is 70.0 Å². The van der Waals surface area contributed by atoms with Crippen molar-refractivity contribution in [3.63, 3.8) is 0 Å². The molecule has 2 heteroatoms. The van der Waals surface area contributed by atoms with Crippen molar-refractivity contribution in [1.29, 1.82) is 0 Å². The summed E-state index contributed by atoms with van der Waals surface area (Å²) >= 11 is 6.78. The Kier molecular flexibility index (Phi) is 4.43. The van der Waals surface area contributed by atoms with Crippen molar-refractivity contribution in [1.82, 2.24) is 0 Å². The van der Waals surface area contributed by atoms with Crippen molar-refractivity contribution >= 4 is 11.6 Å². The molecule has 0 N–H and O–H groups in total. The summed E-state index contributed by atoms with van der Waals surface area (Å²) in [6.45, 7) is 10.4. The van der Waals surface area contributed by atoms with Gasteiger partial charge in [-0.2, -0.15) is 0 Å². The third kappa shape index (κ3) is 3.29. The second-order valence-electron chi connectivity index (χ2n) is 6.65. The van der Waals surface area contributed by atoms with E-state index in [-0.39, 0.29) is 16.6 Å². The van der Waals surface area contributed by atoms with Crippen LogP contribution in [0, 0.1) is 19.7 Å². The smallest absolute Gasteiger partial charge is 0.123 e. The topological polar surface area (TPSA) is 0 Å². The van der Waals surface area contributed by atoms with E-state index in [1.54, 1.807) is 12.1 Å². The van der Waals surface area contributed by atoms with Gasteiger partial charge in [-0.25, -0.2) is 4.39 Å². The van der Waals surface area contributed by atoms with Crippen LogP contribution in [-0.4, -0.2) is 0 Å². The molecular formula is C19H22ClF. The zero-order valence-electron chi connectivity index (χ0n) is 13.3. The predicted octanol–water partition coefficient (Wildman–Crippen LogP) is 6.07. The van der Waals surface area contributed by atoms with Crippen LogP contribution in [0.4, 0.5) is 4.39 Å². The van der Waals surface area contributed by atoms with Gasteiger partial charge >= 0.3 is 0 Å². The lowest BCUT2D eigenvalue weighted by Gasteiger charge is -2.26. The van der Waals surface area contributed by atoms with E-state index in [2.05, 4.69) is 32.9 Å². The SMILES string of the molecule is Cc1cc(F)cc(C)c1C(Cl)c1ccccc1C(C)(C)C. The molecule has 0 saturated heterocycles. The minimum Gasteiger partial charge on any atom is -0.207 e. The molecule has 2 rings (SSSR count). The van der Waals surface area contributed by atoms with Crippen LogP contribution >= 0.6 is 11.6 Å². The molecule has 1 unspecified atom stereocenters. The molecule has 0 heterocycles. The normalized spacial score (nSPS) is 13.3. The number of hydrogen-bond acceptors (Lipinski definition) is 0. The number of benzene rings is 2. The lowest BCUT2D eigenvalue weighted by atomic mass is 9.81. The first-order valence-corrected chi connectivity index (χ1v) is 7.65. The predicted molar refractivity (Wildman–Crippen MR) is 88.7 cm³/mol. The summed E-state index contributed by atoms with van der Waals surface area (Å²) in [5.41, 5.74) is 5.16. The average Bonchev–Trinajstić information content (AvgIpc) is 2.36. The highest BCUT2D eigenvalue weighted by molar-refractivity contribution is 6.23. The molecule has 0 radical (unpaired) electrons. The molecule has 0 amide bonds. The van der Waals surface area contributed by atoms with Gasteiger partial charge in [0.25, 0.3) is 0 Å². The Morgan fingerprint density at radius 3 is 2.05 bits per heavy atom. The molecule has 0 bridgehead atoms. The van der Waals surface area contributed by atoms with Gasteiger partial charge in [0.05, 0.1) is 5.38 Å². The van der Waals surface area contributed by atoms with Gasteiger partial charge in [-0.3, -0.25) is 0 Å². The summed E-state index contributed by atoms with van der Waals surface area (Å²) in [6.07, 6.45) is 0. The fourth-order valence-electron chi connectivity index (χ4n) is 2.88. The second-order valence-corrected chi connectivity index (χ2v) is 7.09. The van der Waals surface area contributed by atoms with Gasteiger partial charge in [-0.1, -0.05) is 45.0 Å². The summed E-state index contributed by atoms with van der Waals surface area (Å²) in [7, 11) is 0. The molecule has 0 aromatic heterocycles. The molecule has 0 aliphatic heterocycles. The van der Waals surface area contributed by atoms with Crippen LogP contribution in [0.5, 0.6) is 0 Å². The zero-order valence-corrected chi connectivity index (χ0v) is 14.1. The molecule has 2 aromatic carbocycles. The minimum absolute atomic E-state index is 0.0194. The van der Waals surface area contributed by atoms with E-state index >= 15 is 0 Å². The lowest BCUT2D eigenvalue weighted by Crippen LogP contribution is -2.15. The van der Waals surface area contributed by atoms with E-state index in [9.17, 15) is 4.39 Å². The van der Waals surface area contributed by atoms with Crippen molar-refractivity contribution < 1.29 is 4.39 Å². The summed E-state index contributed by atoms with van der Waals surface area (Å²) in [5, 5.41) is -0.263. The number of halogens is 2. The molecular weight excluding hydrogens is 283 g/mol. The number of aryl methyl sites for hydroxylation is 2. The lowest BCUT2D eigenvalue weighted by molar-refractivity contribution is 0.583. The molecule has 0 saturated carbocycles. The summed E-state index contributed by atoms with van der Waals surface area (Å²) < 4.78 is 13.5. The van der Waals surface area contributed by atoms with E-state index in [1.165, 1.54) is 5.56 Å². The zero-order chi connectivity index (χ0) is 15.8. The first kappa shape index (κ1) is 16.0. The minimum atomic E-state index is -0.263. The Hall–Kier alpha value is -1.34. The monoisotopic (exact) mass is 304 g/mol. The van der Waals surface area contributed by atoms with Crippen LogP contribution in [0.3, 0.4) is 0 Å². The third-order valence-corrected chi connectivity index (χ3v) is 4.31. The van der Waals surface area contributed by atoms with Gasteiger partial charge in [0.1, 0.15) is 5.82 Å². The van der Waals surface area contributed by atoms with Crippen LogP contribution in [0.15, 0.2) is 36.4 Å². The molecule has 1 atom stereocenters. The third-order valence-electron chi connectivity index (χ3n) is 3.85. The van der Waals surface area contributed by atoms with Gasteiger partial charge in [0.15, 0.2) is 0 Å². The van der Waals surface area contributed by atoms with Crippen LogP contribution in [0.2, 0.25) is 0 Å². The van der Waals surface area contributed by atoms with E-state index in [4.69, 9.17) is 11.6 Å². The first-order chi connectivity index (χ1) is 9.71. The van der Waals surface area contributed by atoms with Crippen molar-refractivity contribution in [3.8, 4) is 0 Å². The molecule has 0 fully saturated rings. The van der Waals surface area contributed by atoms with Gasteiger partial charge in [0, 0.05) is 0 Å². The average molecular weight is 305 g/mol. The molecule has 2 aromatic rings. The quantitative estimate of drug-likeness (QED) is 0.591. The highest BCUT2D eigenvalue weighted by Crippen LogP contribution is 2.39. The Balaban J connectivity index is 2.59. The van der Waals surface area contributed by atoms with Gasteiger partial charge in [-0.15, -0.1) is 11.6 Å². The maximum atomic E-state index is 13.5. The maximum absolute atomic E-state index is 13.5. The van der Waals surface area contributed by atoms with Crippen LogP contribution in [0.25, 0.3) is 0 Å². The maximum Gasteiger partial charge on any atom is 0.123 e. The fraction of sp³-hybridized carbons (Fsp3) is 0.368. The second kappa shape index (κ2) is 5.81. The number of alkyl halides is 1. The molecule has 112 valence electrons. The van der Waals surface area contributed by atoms with E-state index < -0.39 is 0 Å². The van der Waals surface area contributed by atoms with Crippen molar-refractivity contribution in [2.24, 2.45) is 0 Å². The van der Waals surface area contributed by atoms with E-state index in [1.807, 2.05) is 26.0 Å². The summed E-state index contributed by atoms with van der Waals surface area (Å²) in [6, 6.07) is 11.3. The Morgan fingerprint density at radius 1 is 1.00 bits per heavy atom. The van der Waals surface area contributed by atoms with Crippen LogP contribution < -0.4 is 0 Å². The Bertz CT molecular complexity index is 630. The highest BCUT2D eigenvalue weighted by atomic mass is 35.5. The van der Waals surface area contributed by atoms with E-state index in [0.29, 0.717) is 0 Å². The van der Waals surface area contributed by atoms with Crippen LogP contribution in [-0.2, 0) is 5.41 Å². The van der Waals surface area contributed by atoms with Crippen molar-refractivity contribution in [2.75, 3.05) is 0 Å². The summed E-state index contributed by atoms with van der Waals surface area (Å²) in [4.78, 5) is 0. The van der Waals surface area contributed by atoms with Crippen molar-refractivity contribution in [2.45, 2.75) is 45.4 Å². The van der Waals surface area contributed by atoms with Crippen LogP contribution in [0.1, 0.15) is 54.0 Å². The highest BCUT2D eigenvalue weighted by Gasteiger charge is 2.24.